The van der Waals surface area contributed by atoms with Crippen molar-refractivity contribution >= 4 is 22.8 Å². The van der Waals surface area contributed by atoms with Gasteiger partial charge in [0.15, 0.2) is 5.82 Å². The summed E-state index contributed by atoms with van der Waals surface area (Å²) in [6.45, 7) is 0. The molecule has 3 aromatic heterocycles. The molecule has 1 saturated heterocycles. The van der Waals surface area contributed by atoms with Crippen molar-refractivity contribution in [3.63, 3.8) is 0 Å². The van der Waals surface area contributed by atoms with Gasteiger partial charge in [-0.3, -0.25) is 14.5 Å². The SMILES string of the molecule is CN1C(=O)C2c3c([nH]c4ncccc34)-c3nccn3C2C1=O. The molecule has 5 rings (SSSR count). The monoisotopic (exact) mass is 293 g/mol. The number of carbonyl (C=O) groups is 2. The van der Waals surface area contributed by atoms with E-state index in [0.29, 0.717) is 11.5 Å². The van der Waals surface area contributed by atoms with Crippen LogP contribution in [0.2, 0.25) is 0 Å². The van der Waals surface area contributed by atoms with Crippen molar-refractivity contribution < 1.29 is 9.59 Å². The van der Waals surface area contributed by atoms with Crippen molar-refractivity contribution in [2.24, 2.45) is 0 Å². The summed E-state index contributed by atoms with van der Waals surface area (Å²) in [5.41, 5.74) is 2.31. The molecule has 2 atom stereocenters. The predicted octanol–water partition coefficient (Wildman–Crippen LogP) is 1.06. The number of carbonyl (C=O) groups excluding carboxylic acids is 2. The average molecular weight is 293 g/mol. The lowest BCUT2D eigenvalue weighted by molar-refractivity contribution is -0.137. The third-order valence-electron chi connectivity index (χ3n) is 4.61. The van der Waals surface area contributed by atoms with Gasteiger partial charge in [-0.15, -0.1) is 0 Å². The number of amides is 2. The minimum atomic E-state index is -0.554. The van der Waals surface area contributed by atoms with Crippen LogP contribution in [0.15, 0.2) is 30.7 Å². The van der Waals surface area contributed by atoms with Crippen molar-refractivity contribution in [1.82, 2.24) is 24.4 Å². The highest BCUT2D eigenvalue weighted by molar-refractivity contribution is 6.12. The molecule has 0 aliphatic carbocycles. The second kappa shape index (κ2) is 3.62. The maximum atomic E-state index is 12.6. The number of hydrogen-bond acceptors (Lipinski definition) is 4. The zero-order valence-corrected chi connectivity index (χ0v) is 11.6. The van der Waals surface area contributed by atoms with Crippen LogP contribution in [0.25, 0.3) is 22.6 Å². The van der Waals surface area contributed by atoms with Gasteiger partial charge in [-0.25, -0.2) is 9.97 Å². The topological polar surface area (TPSA) is 83.9 Å². The minimum absolute atomic E-state index is 0.180. The molecule has 0 aromatic carbocycles. The van der Waals surface area contributed by atoms with Crippen molar-refractivity contribution in [2.45, 2.75) is 12.0 Å². The Morgan fingerprint density at radius 1 is 1.18 bits per heavy atom. The number of likely N-dealkylation sites (tertiary alicyclic amines) is 1. The third kappa shape index (κ3) is 1.14. The van der Waals surface area contributed by atoms with E-state index < -0.39 is 12.0 Å². The molecule has 3 aromatic rings. The Hall–Kier alpha value is -2.96. The number of rotatable bonds is 0. The van der Waals surface area contributed by atoms with Gasteiger partial charge in [0.25, 0.3) is 5.91 Å². The standard InChI is InChI=1S/C15H11N5O2/c1-19-14(21)9-8-7-3-2-4-16-12(7)18-10(8)13-17-5-6-20(13)11(9)15(19)22/h2-6,9,11H,1H3,(H,16,18). The summed E-state index contributed by atoms with van der Waals surface area (Å²) in [6, 6.07) is 3.20. The van der Waals surface area contributed by atoms with E-state index in [0.717, 1.165) is 16.6 Å². The molecule has 0 spiro atoms. The number of imide groups is 1. The van der Waals surface area contributed by atoms with Crippen molar-refractivity contribution in [1.29, 1.82) is 0 Å². The summed E-state index contributed by atoms with van der Waals surface area (Å²) in [5, 5.41) is 0.873. The zero-order valence-electron chi connectivity index (χ0n) is 11.6. The first-order chi connectivity index (χ1) is 10.7. The summed E-state index contributed by atoms with van der Waals surface area (Å²) in [7, 11) is 1.53. The maximum absolute atomic E-state index is 12.6. The normalized spacial score (nSPS) is 22.9. The number of aromatic nitrogens is 4. The Kier molecular flexibility index (Phi) is 1.92. The Bertz CT molecular complexity index is 969. The first kappa shape index (κ1) is 11.7. The van der Waals surface area contributed by atoms with E-state index >= 15 is 0 Å². The Morgan fingerprint density at radius 3 is 2.91 bits per heavy atom. The number of H-pyrrole nitrogens is 1. The Balaban J connectivity index is 1.93. The Labute approximate surface area is 124 Å². The molecule has 2 unspecified atom stereocenters. The molecule has 7 nitrogen and oxygen atoms in total. The minimum Gasteiger partial charge on any atom is -0.336 e. The van der Waals surface area contributed by atoms with Crippen LogP contribution in [0, 0.1) is 0 Å². The number of likely N-dealkylation sites (N-methyl/N-ethyl adjacent to an activating group) is 1. The van der Waals surface area contributed by atoms with Gasteiger partial charge in [0.05, 0.1) is 11.6 Å². The van der Waals surface area contributed by atoms with E-state index in [-0.39, 0.29) is 11.8 Å². The molecule has 2 amide bonds. The van der Waals surface area contributed by atoms with Crippen molar-refractivity contribution in [3.05, 3.63) is 36.3 Å². The number of nitrogens with zero attached hydrogens (tertiary/aromatic N) is 4. The number of pyridine rings is 1. The molecule has 1 N–H and O–H groups in total. The molecule has 0 bridgehead atoms. The van der Waals surface area contributed by atoms with Gasteiger partial charge in [-0.2, -0.15) is 0 Å². The Morgan fingerprint density at radius 2 is 2.05 bits per heavy atom. The smallest absolute Gasteiger partial charge is 0.253 e. The summed E-state index contributed by atoms with van der Waals surface area (Å²) in [4.78, 5) is 38.3. The molecule has 0 radical (unpaired) electrons. The molecule has 1 fully saturated rings. The van der Waals surface area contributed by atoms with E-state index in [1.165, 1.54) is 11.9 Å². The van der Waals surface area contributed by atoms with Gasteiger partial charge in [0.1, 0.15) is 11.7 Å². The number of hydrogen-bond donors (Lipinski definition) is 1. The van der Waals surface area contributed by atoms with Crippen LogP contribution in [0.4, 0.5) is 0 Å². The third-order valence-corrected chi connectivity index (χ3v) is 4.61. The van der Waals surface area contributed by atoms with Crippen LogP contribution in [-0.2, 0) is 9.59 Å². The van der Waals surface area contributed by atoms with E-state index in [2.05, 4.69) is 15.0 Å². The summed E-state index contributed by atoms with van der Waals surface area (Å²) in [6.07, 6.45) is 5.09. The number of imidazole rings is 1. The fourth-order valence-corrected chi connectivity index (χ4v) is 3.63. The van der Waals surface area contributed by atoms with Gasteiger partial charge < -0.3 is 9.55 Å². The van der Waals surface area contributed by atoms with E-state index in [1.807, 2.05) is 12.1 Å². The molecule has 22 heavy (non-hydrogen) atoms. The lowest BCUT2D eigenvalue weighted by atomic mass is 9.88. The lowest BCUT2D eigenvalue weighted by Crippen LogP contribution is -2.27. The average Bonchev–Trinajstić information content (AvgIpc) is 3.19. The zero-order chi connectivity index (χ0) is 15.0. The molecule has 108 valence electrons. The largest absolute Gasteiger partial charge is 0.336 e. The molecule has 0 saturated carbocycles. The van der Waals surface area contributed by atoms with Crippen molar-refractivity contribution in [3.8, 4) is 11.5 Å². The van der Waals surface area contributed by atoms with Crippen LogP contribution >= 0.6 is 0 Å². The molecular weight excluding hydrogens is 282 g/mol. The number of fused-ring (bicyclic) bond motifs is 8. The summed E-state index contributed by atoms with van der Waals surface area (Å²) < 4.78 is 1.78. The van der Waals surface area contributed by atoms with E-state index in [1.54, 1.807) is 23.2 Å². The van der Waals surface area contributed by atoms with Crippen LogP contribution < -0.4 is 0 Å². The number of aromatic amines is 1. The highest BCUT2D eigenvalue weighted by Crippen LogP contribution is 2.49. The first-order valence-electron chi connectivity index (χ1n) is 6.99. The quantitative estimate of drug-likeness (QED) is 0.628. The lowest BCUT2D eigenvalue weighted by Gasteiger charge is -2.24. The predicted molar refractivity (Wildman–Crippen MR) is 76.9 cm³/mol. The second-order valence-electron chi connectivity index (χ2n) is 5.63. The molecule has 2 aliphatic rings. The van der Waals surface area contributed by atoms with Gasteiger partial charge in [-0.05, 0) is 12.1 Å². The van der Waals surface area contributed by atoms with Crippen LogP contribution in [0.5, 0.6) is 0 Å². The van der Waals surface area contributed by atoms with Gasteiger partial charge in [0, 0.05) is 36.6 Å². The fourth-order valence-electron chi connectivity index (χ4n) is 3.63. The molecule has 5 heterocycles. The highest BCUT2D eigenvalue weighted by atomic mass is 16.2. The van der Waals surface area contributed by atoms with Gasteiger partial charge in [0.2, 0.25) is 5.91 Å². The van der Waals surface area contributed by atoms with E-state index in [9.17, 15) is 9.59 Å². The molecular formula is C15H11N5O2. The van der Waals surface area contributed by atoms with E-state index in [4.69, 9.17) is 0 Å². The second-order valence-corrected chi connectivity index (χ2v) is 5.63. The fraction of sp³-hybridized carbons (Fsp3) is 0.200. The molecule has 7 heteroatoms. The van der Waals surface area contributed by atoms with Gasteiger partial charge in [-0.1, -0.05) is 0 Å². The maximum Gasteiger partial charge on any atom is 0.253 e. The van der Waals surface area contributed by atoms with Crippen LogP contribution in [0.1, 0.15) is 17.5 Å². The van der Waals surface area contributed by atoms with Gasteiger partial charge >= 0.3 is 0 Å². The highest BCUT2D eigenvalue weighted by Gasteiger charge is 2.52. The van der Waals surface area contributed by atoms with Crippen LogP contribution in [-0.4, -0.2) is 43.3 Å². The van der Waals surface area contributed by atoms with Crippen LogP contribution in [0.3, 0.4) is 0 Å². The first-order valence-corrected chi connectivity index (χ1v) is 6.99. The van der Waals surface area contributed by atoms with Crippen molar-refractivity contribution in [2.75, 3.05) is 7.05 Å². The summed E-state index contributed by atoms with van der Waals surface area (Å²) in [5.74, 6) is -0.226. The number of nitrogens with one attached hydrogen (secondary N) is 1. The summed E-state index contributed by atoms with van der Waals surface area (Å²) >= 11 is 0. The molecule has 2 aliphatic heterocycles.